The van der Waals surface area contributed by atoms with Crippen LogP contribution in [0.15, 0.2) is 47.5 Å². The van der Waals surface area contributed by atoms with Crippen LogP contribution in [0.5, 0.6) is 23.0 Å². The van der Waals surface area contributed by atoms with Gasteiger partial charge < -0.3 is 34.7 Å². The zero-order valence-corrected chi connectivity index (χ0v) is 21.0. The molecular weight excluding hydrogens is 525 g/mol. The molecule has 3 rings (SSSR count). The second kappa shape index (κ2) is 13.2. The minimum Gasteiger partial charge on any atom is -0.492 e. The monoisotopic (exact) mass is 557 g/mol. The molecule has 1 aliphatic heterocycles. The molecule has 176 valence electrons. The first-order valence-electron chi connectivity index (χ1n) is 10.5. The molecule has 32 heavy (non-hydrogen) atoms. The quantitative estimate of drug-likeness (QED) is 0.178. The van der Waals surface area contributed by atoms with E-state index in [1.54, 1.807) is 0 Å². The lowest BCUT2D eigenvalue weighted by molar-refractivity contribution is 0.173. The smallest absolute Gasteiger partial charge is 0.231 e. The average molecular weight is 557 g/mol. The molecule has 0 saturated carbocycles. The maximum Gasteiger partial charge on any atom is 0.231 e. The van der Waals surface area contributed by atoms with E-state index in [0.29, 0.717) is 37.2 Å². The van der Waals surface area contributed by atoms with Crippen molar-refractivity contribution in [3.05, 3.63) is 48.0 Å². The van der Waals surface area contributed by atoms with Crippen LogP contribution < -0.4 is 29.6 Å². The molecule has 0 aromatic heterocycles. The number of aliphatic imine (C=N–C) groups is 1. The molecule has 0 saturated heterocycles. The molecule has 8 nitrogen and oxygen atoms in total. The molecule has 0 bridgehead atoms. The van der Waals surface area contributed by atoms with E-state index in [4.69, 9.17) is 18.9 Å². The van der Waals surface area contributed by atoms with E-state index in [1.807, 2.05) is 63.2 Å². The van der Waals surface area contributed by atoms with Crippen molar-refractivity contribution in [2.75, 3.05) is 33.0 Å². The molecule has 9 heteroatoms. The number of halogens is 1. The molecule has 0 amide bonds. The second-order valence-corrected chi connectivity index (χ2v) is 7.26. The Labute approximate surface area is 206 Å². The highest BCUT2D eigenvalue weighted by atomic mass is 127. The molecule has 3 N–H and O–H groups in total. The number of nitrogens with zero attached hydrogens (tertiary/aromatic N) is 1. The van der Waals surface area contributed by atoms with Crippen molar-refractivity contribution in [2.45, 2.75) is 33.0 Å². The van der Waals surface area contributed by atoms with Crippen LogP contribution in [0, 0.1) is 0 Å². The van der Waals surface area contributed by atoms with Crippen LogP contribution in [0.4, 0.5) is 0 Å². The van der Waals surface area contributed by atoms with Gasteiger partial charge in [0.25, 0.3) is 0 Å². The van der Waals surface area contributed by atoms with E-state index in [0.717, 1.165) is 17.1 Å². The van der Waals surface area contributed by atoms with Crippen molar-refractivity contribution >= 4 is 29.9 Å². The lowest BCUT2D eigenvalue weighted by Gasteiger charge is -2.14. The first kappa shape index (κ1) is 25.9. The van der Waals surface area contributed by atoms with Crippen molar-refractivity contribution in [1.29, 1.82) is 0 Å². The Morgan fingerprint density at radius 1 is 1.06 bits per heavy atom. The Hall–Kier alpha value is -2.40. The van der Waals surface area contributed by atoms with E-state index in [2.05, 4.69) is 15.6 Å². The third kappa shape index (κ3) is 7.94. The SMILES string of the molecule is CCNC(=NCC(O)c1ccc(OC(C)C)cc1)NCCOc1ccc2c(c1)OCO2.I. The zero-order valence-electron chi connectivity index (χ0n) is 18.7. The van der Waals surface area contributed by atoms with Gasteiger partial charge in [0.2, 0.25) is 6.79 Å². The third-order valence-electron chi connectivity index (χ3n) is 4.41. The Bertz CT molecular complexity index is 861. The molecule has 0 spiro atoms. The third-order valence-corrected chi connectivity index (χ3v) is 4.41. The molecule has 2 aromatic carbocycles. The highest BCUT2D eigenvalue weighted by Crippen LogP contribution is 2.34. The van der Waals surface area contributed by atoms with E-state index < -0.39 is 6.10 Å². The molecule has 1 unspecified atom stereocenters. The fourth-order valence-corrected chi connectivity index (χ4v) is 2.97. The molecule has 0 radical (unpaired) electrons. The standard InChI is InChI=1S/C23H31N3O5.HI/c1-4-24-23(25-11-12-28-19-9-10-21-22(13-19)30-15-29-21)26-14-20(27)17-5-7-18(8-6-17)31-16(2)3;/h5-10,13,16,20,27H,4,11-12,14-15H2,1-3H3,(H2,24,25,26);1H. The predicted molar refractivity (Wildman–Crippen MR) is 135 cm³/mol. The summed E-state index contributed by atoms with van der Waals surface area (Å²) >= 11 is 0. The average Bonchev–Trinajstić information content (AvgIpc) is 3.22. The predicted octanol–water partition coefficient (Wildman–Crippen LogP) is 3.49. The van der Waals surface area contributed by atoms with Crippen molar-refractivity contribution in [1.82, 2.24) is 10.6 Å². The molecule has 1 heterocycles. The maximum atomic E-state index is 10.5. The summed E-state index contributed by atoms with van der Waals surface area (Å²) < 4.78 is 22.0. The lowest BCUT2D eigenvalue weighted by Crippen LogP contribution is -2.39. The maximum absolute atomic E-state index is 10.5. The van der Waals surface area contributed by atoms with Gasteiger partial charge in [-0.2, -0.15) is 0 Å². The van der Waals surface area contributed by atoms with Gasteiger partial charge in [0.05, 0.1) is 25.3 Å². The number of fused-ring (bicyclic) bond motifs is 1. The summed E-state index contributed by atoms with van der Waals surface area (Å²) in [7, 11) is 0. The van der Waals surface area contributed by atoms with E-state index in [9.17, 15) is 5.11 Å². The van der Waals surface area contributed by atoms with Crippen LogP contribution in [-0.4, -0.2) is 50.2 Å². The minimum absolute atomic E-state index is 0. The molecule has 1 atom stereocenters. The number of aliphatic hydroxyl groups is 1. The fraction of sp³-hybridized carbons (Fsp3) is 0.435. The van der Waals surface area contributed by atoms with Crippen molar-refractivity contribution in [2.24, 2.45) is 4.99 Å². The Morgan fingerprint density at radius 2 is 1.78 bits per heavy atom. The number of rotatable bonds is 10. The van der Waals surface area contributed by atoms with Gasteiger partial charge in [-0.05, 0) is 50.6 Å². The summed E-state index contributed by atoms with van der Waals surface area (Å²) in [6.07, 6.45) is -0.586. The van der Waals surface area contributed by atoms with Crippen molar-refractivity contribution in [3.8, 4) is 23.0 Å². The van der Waals surface area contributed by atoms with E-state index in [-0.39, 0.29) is 43.4 Å². The van der Waals surface area contributed by atoms with Crippen LogP contribution in [0.3, 0.4) is 0 Å². The van der Waals surface area contributed by atoms with Gasteiger partial charge in [0.15, 0.2) is 17.5 Å². The minimum atomic E-state index is -0.701. The normalized spacial score (nSPS) is 13.3. The van der Waals surface area contributed by atoms with Gasteiger partial charge in [0.1, 0.15) is 18.1 Å². The van der Waals surface area contributed by atoms with Gasteiger partial charge in [-0.25, -0.2) is 0 Å². The van der Waals surface area contributed by atoms with Crippen molar-refractivity contribution < 1.29 is 24.1 Å². The lowest BCUT2D eigenvalue weighted by atomic mass is 10.1. The summed E-state index contributed by atoms with van der Waals surface area (Å²) in [5.74, 6) is 3.54. The summed E-state index contributed by atoms with van der Waals surface area (Å²) in [4.78, 5) is 4.47. The number of benzene rings is 2. The topological polar surface area (TPSA) is 93.6 Å². The number of guanidine groups is 1. The number of hydrogen-bond acceptors (Lipinski definition) is 6. The number of aliphatic hydroxyl groups excluding tert-OH is 1. The molecular formula is C23H32IN3O5. The van der Waals surface area contributed by atoms with E-state index in [1.165, 1.54) is 0 Å². The Kier molecular flexibility index (Phi) is 10.7. The van der Waals surface area contributed by atoms with E-state index >= 15 is 0 Å². The van der Waals surface area contributed by atoms with Gasteiger partial charge in [0, 0.05) is 12.6 Å². The largest absolute Gasteiger partial charge is 0.492 e. The highest BCUT2D eigenvalue weighted by Gasteiger charge is 2.13. The molecule has 0 aliphatic carbocycles. The van der Waals surface area contributed by atoms with Crippen LogP contribution in [0.1, 0.15) is 32.4 Å². The van der Waals surface area contributed by atoms with Gasteiger partial charge in [-0.1, -0.05) is 12.1 Å². The number of hydrogen-bond donors (Lipinski definition) is 3. The van der Waals surface area contributed by atoms with Gasteiger partial charge in [-0.15, -0.1) is 24.0 Å². The molecule has 2 aromatic rings. The molecule has 0 fully saturated rings. The van der Waals surface area contributed by atoms with Crippen molar-refractivity contribution in [3.63, 3.8) is 0 Å². The summed E-state index contributed by atoms with van der Waals surface area (Å²) in [5, 5.41) is 16.8. The zero-order chi connectivity index (χ0) is 22.1. The van der Waals surface area contributed by atoms with Crippen LogP contribution in [-0.2, 0) is 0 Å². The van der Waals surface area contributed by atoms with Crippen LogP contribution in [0.25, 0.3) is 0 Å². The molecule has 1 aliphatic rings. The second-order valence-electron chi connectivity index (χ2n) is 7.26. The number of ether oxygens (including phenoxy) is 4. The highest BCUT2D eigenvalue weighted by molar-refractivity contribution is 14.0. The van der Waals surface area contributed by atoms with Gasteiger partial charge >= 0.3 is 0 Å². The first-order chi connectivity index (χ1) is 15.0. The van der Waals surface area contributed by atoms with Crippen LogP contribution in [0.2, 0.25) is 0 Å². The Balaban J connectivity index is 0.00000363. The summed E-state index contributed by atoms with van der Waals surface area (Å²) in [6, 6.07) is 12.9. The fourth-order valence-electron chi connectivity index (χ4n) is 2.97. The summed E-state index contributed by atoms with van der Waals surface area (Å²) in [5.41, 5.74) is 0.793. The first-order valence-corrected chi connectivity index (χ1v) is 10.5. The van der Waals surface area contributed by atoms with Gasteiger partial charge in [-0.3, -0.25) is 4.99 Å². The van der Waals surface area contributed by atoms with Crippen LogP contribution >= 0.6 is 24.0 Å². The Morgan fingerprint density at radius 3 is 2.50 bits per heavy atom. The summed E-state index contributed by atoms with van der Waals surface area (Å²) in [6.45, 7) is 8.14. The number of nitrogens with one attached hydrogen (secondary N) is 2.